The standard InChI is InChI=1S/C14H21N3O/c1-10-7-11(8-12(15)16-10)13(18)17-6-4-5-14(2,3)9-17/h7-8H,4-6,9H2,1-3H3,(H2,15,16). The van der Waals surface area contributed by atoms with Gasteiger partial charge in [0.05, 0.1) is 0 Å². The largest absolute Gasteiger partial charge is 0.384 e. The maximum atomic E-state index is 12.4. The number of aryl methyl sites for hydroxylation is 1. The van der Waals surface area contributed by atoms with Crippen LogP contribution in [0.15, 0.2) is 12.1 Å². The molecule has 0 spiro atoms. The fourth-order valence-electron chi connectivity index (χ4n) is 2.60. The van der Waals surface area contributed by atoms with Gasteiger partial charge in [-0.25, -0.2) is 4.98 Å². The van der Waals surface area contributed by atoms with Crippen molar-refractivity contribution in [3.05, 3.63) is 23.4 Å². The Morgan fingerprint density at radius 2 is 2.17 bits per heavy atom. The molecule has 4 nitrogen and oxygen atoms in total. The lowest BCUT2D eigenvalue weighted by atomic mass is 9.84. The Kier molecular flexibility index (Phi) is 3.28. The van der Waals surface area contributed by atoms with Crippen LogP contribution in [-0.4, -0.2) is 28.9 Å². The number of hydrogen-bond acceptors (Lipinski definition) is 3. The number of nitrogens with two attached hydrogens (primary N) is 1. The summed E-state index contributed by atoms with van der Waals surface area (Å²) in [6.45, 7) is 7.92. The number of carbonyl (C=O) groups excluding carboxylic acids is 1. The molecule has 98 valence electrons. The first-order valence-corrected chi connectivity index (χ1v) is 6.41. The molecule has 1 aromatic rings. The molecule has 0 saturated carbocycles. The first-order valence-electron chi connectivity index (χ1n) is 6.41. The van der Waals surface area contributed by atoms with E-state index in [-0.39, 0.29) is 11.3 Å². The average Bonchev–Trinajstić information content (AvgIpc) is 2.25. The highest BCUT2D eigenvalue weighted by molar-refractivity contribution is 5.95. The molecule has 0 atom stereocenters. The van der Waals surface area contributed by atoms with E-state index in [4.69, 9.17) is 5.73 Å². The number of rotatable bonds is 1. The minimum absolute atomic E-state index is 0.0694. The lowest BCUT2D eigenvalue weighted by molar-refractivity contribution is 0.0583. The van der Waals surface area contributed by atoms with Gasteiger partial charge in [-0.1, -0.05) is 13.8 Å². The molecule has 2 rings (SSSR count). The number of nitrogen functional groups attached to an aromatic ring is 1. The van der Waals surface area contributed by atoms with Crippen molar-refractivity contribution in [3.63, 3.8) is 0 Å². The average molecular weight is 247 g/mol. The van der Waals surface area contributed by atoms with Gasteiger partial charge in [0.2, 0.25) is 0 Å². The summed E-state index contributed by atoms with van der Waals surface area (Å²) in [6.07, 6.45) is 2.24. The number of aromatic nitrogens is 1. The zero-order valence-electron chi connectivity index (χ0n) is 11.4. The van der Waals surface area contributed by atoms with Gasteiger partial charge in [0.25, 0.3) is 5.91 Å². The lowest BCUT2D eigenvalue weighted by Crippen LogP contribution is -2.43. The summed E-state index contributed by atoms with van der Waals surface area (Å²) in [6, 6.07) is 3.47. The predicted molar refractivity (Wildman–Crippen MR) is 72.3 cm³/mol. The smallest absolute Gasteiger partial charge is 0.254 e. The number of likely N-dealkylation sites (tertiary alicyclic amines) is 1. The highest BCUT2D eigenvalue weighted by atomic mass is 16.2. The number of amides is 1. The third-order valence-electron chi connectivity index (χ3n) is 3.41. The van der Waals surface area contributed by atoms with Crippen LogP contribution < -0.4 is 5.73 Å². The maximum Gasteiger partial charge on any atom is 0.254 e. The van der Waals surface area contributed by atoms with E-state index >= 15 is 0 Å². The van der Waals surface area contributed by atoms with Crippen LogP contribution in [0.4, 0.5) is 5.82 Å². The number of hydrogen-bond donors (Lipinski definition) is 1. The van der Waals surface area contributed by atoms with Crippen molar-refractivity contribution in [1.29, 1.82) is 0 Å². The number of piperidine rings is 1. The van der Waals surface area contributed by atoms with Gasteiger partial charge in [0.15, 0.2) is 0 Å². The molecule has 1 saturated heterocycles. The van der Waals surface area contributed by atoms with Crippen LogP contribution in [0.3, 0.4) is 0 Å². The van der Waals surface area contributed by atoms with Crippen molar-refractivity contribution < 1.29 is 4.79 Å². The van der Waals surface area contributed by atoms with E-state index in [1.54, 1.807) is 12.1 Å². The van der Waals surface area contributed by atoms with Crippen LogP contribution in [0.1, 0.15) is 42.7 Å². The van der Waals surface area contributed by atoms with Crippen molar-refractivity contribution >= 4 is 11.7 Å². The molecule has 0 bridgehead atoms. The predicted octanol–water partition coefficient (Wildman–Crippen LogP) is 2.23. The highest BCUT2D eigenvalue weighted by Gasteiger charge is 2.29. The summed E-state index contributed by atoms with van der Waals surface area (Å²) in [5.74, 6) is 0.481. The summed E-state index contributed by atoms with van der Waals surface area (Å²) in [7, 11) is 0. The van der Waals surface area contributed by atoms with Crippen LogP contribution in [0.2, 0.25) is 0 Å². The zero-order chi connectivity index (χ0) is 13.3. The zero-order valence-corrected chi connectivity index (χ0v) is 11.4. The fourth-order valence-corrected chi connectivity index (χ4v) is 2.60. The second kappa shape index (κ2) is 4.59. The molecule has 1 aliphatic rings. The quantitative estimate of drug-likeness (QED) is 0.828. The van der Waals surface area contributed by atoms with Crippen LogP contribution in [0, 0.1) is 12.3 Å². The van der Waals surface area contributed by atoms with Crippen molar-refractivity contribution in [2.75, 3.05) is 18.8 Å². The summed E-state index contributed by atoms with van der Waals surface area (Å²) in [4.78, 5) is 18.5. The van der Waals surface area contributed by atoms with E-state index in [0.717, 1.165) is 25.2 Å². The minimum atomic E-state index is 0.0694. The van der Waals surface area contributed by atoms with E-state index in [1.807, 2.05) is 11.8 Å². The summed E-state index contributed by atoms with van der Waals surface area (Å²) in [5, 5.41) is 0. The van der Waals surface area contributed by atoms with Gasteiger partial charge >= 0.3 is 0 Å². The number of anilines is 1. The van der Waals surface area contributed by atoms with Crippen molar-refractivity contribution in [2.45, 2.75) is 33.6 Å². The molecule has 4 heteroatoms. The van der Waals surface area contributed by atoms with Crippen LogP contribution in [0.5, 0.6) is 0 Å². The van der Waals surface area contributed by atoms with Gasteiger partial charge in [-0.2, -0.15) is 0 Å². The van der Waals surface area contributed by atoms with Gasteiger partial charge in [0, 0.05) is 24.3 Å². The molecule has 18 heavy (non-hydrogen) atoms. The van der Waals surface area contributed by atoms with Crippen molar-refractivity contribution in [3.8, 4) is 0 Å². The number of nitrogens with zero attached hydrogens (tertiary/aromatic N) is 2. The molecule has 0 unspecified atom stereocenters. The number of pyridine rings is 1. The van der Waals surface area contributed by atoms with Gasteiger partial charge in [-0.05, 0) is 37.3 Å². The molecule has 2 N–H and O–H groups in total. The lowest BCUT2D eigenvalue weighted by Gasteiger charge is -2.38. The van der Waals surface area contributed by atoms with Crippen molar-refractivity contribution in [1.82, 2.24) is 9.88 Å². The second-order valence-electron chi connectivity index (χ2n) is 5.92. The Morgan fingerprint density at radius 3 is 2.78 bits per heavy atom. The Morgan fingerprint density at radius 1 is 1.44 bits per heavy atom. The van der Waals surface area contributed by atoms with Gasteiger partial charge < -0.3 is 10.6 Å². The van der Waals surface area contributed by atoms with E-state index in [2.05, 4.69) is 18.8 Å². The summed E-state index contributed by atoms with van der Waals surface area (Å²) < 4.78 is 0. The van der Waals surface area contributed by atoms with Gasteiger partial charge in [-0.15, -0.1) is 0 Å². The Labute approximate surface area is 108 Å². The SMILES string of the molecule is Cc1cc(C(=O)N2CCCC(C)(C)C2)cc(N)n1. The molecule has 1 fully saturated rings. The maximum absolute atomic E-state index is 12.4. The van der Waals surface area contributed by atoms with Gasteiger partial charge in [0.1, 0.15) is 5.82 Å². The third kappa shape index (κ3) is 2.81. The van der Waals surface area contributed by atoms with E-state index in [1.165, 1.54) is 6.42 Å². The molecule has 1 aliphatic heterocycles. The highest BCUT2D eigenvalue weighted by Crippen LogP contribution is 2.29. The van der Waals surface area contributed by atoms with Gasteiger partial charge in [-0.3, -0.25) is 4.79 Å². The van der Waals surface area contributed by atoms with Crippen molar-refractivity contribution in [2.24, 2.45) is 5.41 Å². The van der Waals surface area contributed by atoms with E-state index in [9.17, 15) is 4.79 Å². The van der Waals surface area contributed by atoms with E-state index in [0.29, 0.717) is 11.4 Å². The minimum Gasteiger partial charge on any atom is -0.384 e. The first kappa shape index (κ1) is 12.9. The molecular weight excluding hydrogens is 226 g/mol. The molecule has 1 amide bonds. The summed E-state index contributed by atoms with van der Waals surface area (Å²) >= 11 is 0. The molecule has 2 heterocycles. The van der Waals surface area contributed by atoms with Crippen LogP contribution in [0.25, 0.3) is 0 Å². The summed E-state index contributed by atoms with van der Waals surface area (Å²) in [5.41, 5.74) is 7.35. The Balaban J connectivity index is 2.20. The Hall–Kier alpha value is -1.58. The molecular formula is C14H21N3O. The normalized spacial score (nSPS) is 18.7. The molecule has 0 radical (unpaired) electrons. The Bertz CT molecular complexity index is 448. The van der Waals surface area contributed by atoms with E-state index < -0.39 is 0 Å². The van der Waals surface area contributed by atoms with Crippen LogP contribution in [-0.2, 0) is 0 Å². The third-order valence-corrected chi connectivity index (χ3v) is 3.41. The molecule has 0 aliphatic carbocycles. The second-order valence-corrected chi connectivity index (χ2v) is 5.92. The topological polar surface area (TPSA) is 59.2 Å². The number of carbonyl (C=O) groups is 1. The monoisotopic (exact) mass is 247 g/mol. The fraction of sp³-hybridized carbons (Fsp3) is 0.571. The molecule has 0 aromatic carbocycles. The first-order chi connectivity index (χ1) is 8.37. The molecule has 1 aromatic heterocycles. The van der Waals surface area contributed by atoms with Crippen LogP contribution >= 0.6 is 0 Å².